The van der Waals surface area contributed by atoms with Crippen LogP contribution in [-0.2, 0) is 17.8 Å². The summed E-state index contributed by atoms with van der Waals surface area (Å²) in [6, 6.07) is 15.9. The lowest BCUT2D eigenvalue weighted by molar-refractivity contribution is 0.0519. The van der Waals surface area contributed by atoms with Crippen molar-refractivity contribution in [2.45, 2.75) is 32.9 Å². The Hall–Kier alpha value is -3.61. The molecule has 0 aliphatic carbocycles. The molecule has 3 aromatic rings. The average molecular weight is 419 g/mol. The van der Waals surface area contributed by atoms with Gasteiger partial charge in [0.15, 0.2) is 0 Å². The SMILES string of the molecule is CCOC(=O)c1cnc(N2c3ccccc3C[C@@H]2C)nc1OCc1ccc(OC)cc1. The number of nitrogens with zero attached hydrogens (tertiary/aromatic N) is 3. The molecule has 2 aromatic carbocycles. The maximum absolute atomic E-state index is 12.4. The summed E-state index contributed by atoms with van der Waals surface area (Å²) in [5, 5.41) is 0. The van der Waals surface area contributed by atoms with Gasteiger partial charge in [-0.15, -0.1) is 0 Å². The number of ether oxygens (including phenoxy) is 3. The fourth-order valence-corrected chi connectivity index (χ4v) is 3.68. The fourth-order valence-electron chi connectivity index (χ4n) is 3.68. The van der Waals surface area contributed by atoms with Crippen molar-refractivity contribution in [3.63, 3.8) is 0 Å². The first kappa shape index (κ1) is 20.7. The minimum atomic E-state index is -0.506. The number of fused-ring (bicyclic) bond motifs is 1. The van der Waals surface area contributed by atoms with Crippen molar-refractivity contribution in [3.8, 4) is 11.6 Å². The molecular formula is C24H25N3O4. The molecule has 0 fully saturated rings. The van der Waals surface area contributed by atoms with Gasteiger partial charge in [-0.05, 0) is 49.6 Å². The van der Waals surface area contributed by atoms with Crippen molar-refractivity contribution < 1.29 is 19.0 Å². The quantitative estimate of drug-likeness (QED) is 0.528. The molecule has 2 heterocycles. The van der Waals surface area contributed by atoms with E-state index in [1.165, 1.54) is 11.8 Å². The highest BCUT2D eigenvalue weighted by atomic mass is 16.5. The molecule has 7 heteroatoms. The van der Waals surface area contributed by atoms with Crippen LogP contribution in [0.25, 0.3) is 0 Å². The van der Waals surface area contributed by atoms with E-state index in [9.17, 15) is 4.79 Å². The van der Waals surface area contributed by atoms with Gasteiger partial charge in [0.2, 0.25) is 11.8 Å². The van der Waals surface area contributed by atoms with E-state index in [-0.39, 0.29) is 30.7 Å². The van der Waals surface area contributed by atoms with E-state index < -0.39 is 5.97 Å². The number of anilines is 2. The maximum Gasteiger partial charge on any atom is 0.345 e. The molecule has 0 saturated heterocycles. The molecule has 4 rings (SSSR count). The Morgan fingerprint density at radius 1 is 1.16 bits per heavy atom. The summed E-state index contributed by atoms with van der Waals surface area (Å²) in [5.41, 5.74) is 3.45. The van der Waals surface area contributed by atoms with Crippen LogP contribution in [0.15, 0.2) is 54.7 Å². The van der Waals surface area contributed by atoms with Gasteiger partial charge < -0.3 is 19.1 Å². The molecule has 0 spiro atoms. The Labute approximate surface area is 181 Å². The van der Waals surface area contributed by atoms with Crippen LogP contribution in [0.2, 0.25) is 0 Å². The van der Waals surface area contributed by atoms with Crippen LogP contribution in [0.1, 0.15) is 35.3 Å². The van der Waals surface area contributed by atoms with Crippen LogP contribution < -0.4 is 14.4 Å². The molecule has 1 aliphatic rings. The second kappa shape index (κ2) is 9.04. The number of hydrogen-bond donors (Lipinski definition) is 0. The summed E-state index contributed by atoms with van der Waals surface area (Å²) >= 11 is 0. The molecule has 160 valence electrons. The average Bonchev–Trinajstić information content (AvgIpc) is 3.13. The first-order valence-electron chi connectivity index (χ1n) is 10.3. The van der Waals surface area contributed by atoms with Crippen LogP contribution in [0.4, 0.5) is 11.6 Å². The van der Waals surface area contributed by atoms with Crippen LogP contribution in [-0.4, -0.2) is 35.7 Å². The summed E-state index contributed by atoms with van der Waals surface area (Å²) in [5.74, 6) is 0.960. The van der Waals surface area contributed by atoms with Crippen molar-refractivity contribution in [3.05, 3.63) is 71.4 Å². The first-order valence-corrected chi connectivity index (χ1v) is 10.3. The molecule has 1 aliphatic heterocycles. The number of aromatic nitrogens is 2. The Morgan fingerprint density at radius 3 is 2.68 bits per heavy atom. The molecular weight excluding hydrogens is 394 g/mol. The third-order valence-electron chi connectivity index (χ3n) is 5.19. The van der Waals surface area contributed by atoms with Gasteiger partial charge in [-0.2, -0.15) is 4.98 Å². The lowest BCUT2D eigenvalue weighted by Crippen LogP contribution is -2.26. The van der Waals surface area contributed by atoms with E-state index in [1.54, 1.807) is 14.0 Å². The highest BCUT2D eigenvalue weighted by Crippen LogP contribution is 2.37. The largest absolute Gasteiger partial charge is 0.497 e. The molecule has 0 N–H and O–H groups in total. The highest BCUT2D eigenvalue weighted by Gasteiger charge is 2.30. The molecule has 0 unspecified atom stereocenters. The zero-order valence-electron chi connectivity index (χ0n) is 17.9. The van der Waals surface area contributed by atoms with Gasteiger partial charge in [0.1, 0.15) is 17.9 Å². The van der Waals surface area contributed by atoms with Gasteiger partial charge in [-0.1, -0.05) is 30.3 Å². The monoisotopic (exact) mass is 419 g/mol. The number of benzene rings is 2. The van der Waals surface area contributed by atoms with E-state index in [4.69, 9.17) is 14.2 Å². The summed E-state index contributed by atoms with van der Waals surface area (Å²) in [4.78, 5) is 23.6. The number of esters is 1. The van der Waals surface area contributed by atoms with Gasteiger partial charge >= 0.3 is 5.97 Å². The number of carbonyl (C=O) groups excluding carboxylic acids is 1. The lowest BCUT2D eigenvalue weighted by atomic mass is 10.1. The molecule has 0 radical (unpaired) electrons. The van der Waals surface area contributed by atoms with Crippen LogP contribution in [0, 0.1) is 0 Å². The topological polar surface area (TPSA) is 73.8 Å². The second-order valence-corrected chi connectivity index (χ2v) is 7.30. The Balaban J connectivity index is 1.65. The van der Waals surface area contributed by atoms with E-state index >= 15 is 0 Å². The third kappa shape index (κ3) is 4.30. The number of para-hydroxylation sites is 1. The molecule has 1 atom stereocenters. The van der Waals surface area contributed by atoms with Gasteiger partial charge in [-0.3, -0.25) is 0 Å². The second-order valence-electron chi connectivity index (χ2n) is 7.30. The molecule has 7 nitrogen and oxygen atoms in total. The van der Waals surface area contributed by atoms with Crippen molar-refractivity contribution in [1.29, 1.82) is 0 Å². The number of carbonyl (C=O) groups is 1. The normalized spacial score (nSPS) is 14.8. The third-order valence-corrected chi connectivity index (χ3v) is 5.19. The zero-order chi connectivity index (χ0) is 21.8. The number of rotatable bonds is 7. The Kier molecular flexibility index (Phi) is 6.02. The highest BCUT2D eigenvalue weighted by molar-refractivity contribution is 5.91. The Bertz CT molecular complexity index is 1070. The van der Waals surface area contributed by atoms with Gasteiger partial charge in [0.25, 0.3) is 0 Å². The lowest BCUT2D eigenvalue weighted by Gasteiger charge is -2.23. The molecule has 0 saturated carbocycles. The van der Waals surface area contributed by atoms with Gasteiger partial charge in [0, 0.05) is 11.7 Å². The van der Waals surface area contributed by atoms with Crippen LogP contribution in [0.5, 0.6) is 11.6 Å². The zero-order valence-corrected chi connectivity index (χ0v) is 17.9. The maximum atomic E-state index is 12.4. The minimum absolute atomic E-state index is 0.195. The van der Waals surface area contributed by atoms with Crippen LogP contribution in [0.3, 0.4) is 0 Å². The van der Waals surface area contributed by atoms with E-state index in [2.05, 4.69) is 33.9 Å². The fraction of sp³-hybridized carbons (Fsp3) is 0.292. The predicted molar refractivity (Wildman–Crippen MR) is 117 cm³/mol. The van der Waals surface area contributed by atoms with Gasteiger partial charge in [-0.25, -0.2) is 9.78 Å². The summed E-state index contributed by atoms with van der Waals surface area (Å²) in [6.45, 7) is 4.39. The summed E-state index contributed by atoms with van der Waals surface area (Å²) in [6.07, 6.45) is 2.39. The van der Waals surface area contributed by atoms with Crippen molar-refractivity contribution in [2.75, 3.05) is 18.6 Å². The number of hydrogen-bond acceptors (Lipinski definition) is 7. The Morgan fingerprint density at radius 2 is 1.94 bits per heavy atom. The van der Waals surface area contributed by atoms with E-state index in [0.717, 1.165) is 23.4 Å². The molecule has 1 aromatic heterocycles. The van der Waals surface area contributed by atoms with Crippen molar-refractivity contribution >= 4 is 17.6 Å². The van der Waals surface area contributed by atoms with E-state index in [0.29, 0.717) is 5.95 Å². The molecule has 0 bridgehead atoms. The molecule has 0 amide bonds. The van der Waals surface area contributed by atoms with E-state index in [1.807, 2.05) is 36.4 Å². The number of methoxy groups -OCH3 is 1. The van der Waals surface area contributed by atoms with Crippen LogP contribution >= 0.6 is 0 Å². The van der Waals surface area contributed by atoms with Crippen molar-refractivity contribution in [1.82, 2.24) is 9.97 Å². The first-order chi connectivity index (χ1) is 15.1. The van der Waals surface area contributed by atoms with Gasteiger partial charge in [0.05, 0.1) is 19.9 Å². The standard InChI is InChI=1S/C24H25N3O4/c1-4-30-23(28)20-14-25-24(27-16(2)13-18-7-5-6-8-21(18)27)26-22(20)31-15-17-9-11-19(29-3)12-10-17/h5-12,14,16H,4,13,15H2,1-3H3/t16-/m0/s1. The minimum Gasteiger partial charge on any atom is -0.497 e. The smallest absolute Gasteiger partial charge is 0.345 e. The summed E-state index contributed by atoms with van der Waals surface area (Å²) in [7, 11) is 1.62. The summed E-state index contributed by atoms with van der Waals surface area (Å²) < 4.78 is 16.3. The van der Waals surface area contributed by atoms with Crippen molar-refractivity contribution in [2.24, 2.45) is 0 Å². The predicted octanol–water partition coefficient (Wildman–Crippen LogP) is 4.32. The molecule has 31 heavy (non-hydrogen) atoms.